The number of hydrogen-bond donors (Lipinski definition) is 1. The number of nitrogens with zero attached hydrogens (tertiary/aromatic N) is 1. The summed E-state index contributed by atoms with van der Waals surface area (Å²) in [6.45, 7) is 2.15. The molecule has 0 radical (unpaired) electrons. The Morgan fingerprint density at radius 1 is 1.44 bits per heavy atom. The maximum atomic E-state index is 10.9. The van der Waals surface area contributed by atoms with Crippen LogP contribution in [0.4, 0.5) is 0 Å². The Labute approximate surface area is 116 Å². The molecule has 1 fully saturated rings. The normalized spacial score (nSPS) is 20.9. The van der Waals surface area contributed by atoms with E-state index in [-0.39, 0.29) is 18.6 Å². The Morgan fingerprint density at radius 3 is 2.89 bits per heavy atom. The van der Waals surface area contributed by atoms with E-state index in [4.69, 9.17) is 33.7 Å². The number of nitrogens with two attached hydrogens (primary N) is 1. The number of carbonyl (C=O) groups excluding carboxylic acids is 1. The number of primary amides is 1. The second kappa shape index (κ2) is 5.89. The van der Waals surface area contributed by atoms with Gasteiger partial charge in [-0.3, -0.25) is 9.69 Å². The molecular weight excluding hydrogens is 275 g/mol. The predicted octanol–water partition coefficient (Wildman–Crippen LogP) is 1.85. The highest BCUT2D eigenvalue weighted by molar-refractivity contribution is 6.42. The Hall–Kier alpha value is -0.810. The SMILES string of the molecule is NC(=O)CN1CCO[C@@H](c2ccc(Cl)c(Cl)c2)C1. The number of ether oxygens (including phenoxy) is 1. The molecule has 1 aromatic rings. The molecule has 0 spiro atoms. The Balaban J connectivity index is 2.08. The molecular formula is C12H14Cl2N2O2. The molecule has 2 N–H and O–H groups in total. The van der Waals surface area contributed by atoms with Gasteiger partial charge in [-0.15, -0.1) is 0 Å². The standard InChI is InChI=1S/C12H14Cl2N2O2/c13-9-2-1-8(5-10(9)14)11-6-16(3-4-18-11)7-12(15)17/h1-2,5,11H,3-4,6-7H2,(H2,15,17)/t11-/m1/s1. The summed E-state index contributed by atoms with van der Waals surface area (Å²) in [5.41, 5.74) is 6.15. The van der Waals surface area contributed by atoms with Crippen LogP contribution < -0.4 is 5.73 Å². The topological polar surface area (TPSA) is 55.6 Å². The second-order valence-electron chi connectivity index (χ2n) is 4.23. The summed E-state index contributed by atoms with van der Waals surface area (Å²) in [4.78, 5) is 12.9. The molecule has 0 bridgehead atoms. The first-order valence-electron chi connectivity index (χ1n) is 5.63. The van der Waals surface area contributed by atoms with E-state index < -0.39 is 0 Å². The van der Waals surface area contributed by atoms with Crippen molar-refractivity contribution in [1.29, 1.82) is 0 Å². The highest BCUT2D eigenvalue weighted by Gasteiger charge is 2.23. The lowest BCUT2D eigenvalue weighted by Crippen LogP contribution is -2.42. The van der Waals surface area contributed by atoms with Crippen LogP contribution in [0.15, 0.2) is 18.2 Å². The third kappa shape index (κ3) is 3.36. The van der Waals surface area contributed by atoms with Crippen molar-refractivity contribution in [3.63, 3.8) is 0 Å². The summed E-state index contributed by atoms with van der Waals surface area (Å²) in [6, 6.07) is 5.42. The van der Waals surface area contributed by atoms with E-state index >= 15 is 0 Å². The fraction of sp³-hybridized carbons (Fsp3) is 0.417. The van der Waals surface area contributed by atoms with Crippen LogP contribution >= 0.6 is 23.2 Å². The smallest absolute Gasteiger partial charge is 0.231 e. The van der Waals surface area contributed by atoms with Gasteiger partial charge in [0.1, 0.15) is 0 Å². The highest BCUT2D eigenvalue weighted by atomic mass is 35.5. The first kappa shape index (κ1) is 13.6. The zero-order valence-corrected chi connectivity index (χ0v) is 11.2. The zero-order valence-electron chi connectivity index (χ0n) is 9.73. The molecule has 1 amide bonds. The summed E-state index contributed by atoms with van der Waals surface area (Å²) in [7, 11) is 0. The second-order valence-corrected chi connectivity index (χ2v) is 5.05. The average Bonchev–Trinajstić information content (AvgIpc) is 2.32. The van der Waals surface area contributed by atoms with Crippen LogP contribution in [0.25, 0.3) is 0 Å². The number of benzene rings is 1. The molecule has 0 unspecified atom stereocenters. The van der Waals surface area contributed by atoms with Gasteiger partial charge >= 0.3 is 0 Å². The molecule has 1 aliphatic rings. The zero-order chi connectivity index (χ0) is 13.1. The van der Waals surface area contributed by atoms with Gasteiger partial charge in [0.25, 0.3) is 0 Å². The Bertz CT molecular complexity index is 454. The fourth-order valence-corrected chi connectivity index (χ4v) is 2.29. The van der Waals surface area contributed by atoms with Crippen LogP contribution in [-0.4, -0.2) is 37.0 Å². The first-order chi connectivity index (χ1) is 8.56. The number of amides is 1. The van der Waals surface area contributed by atoms with Crippen molar-refractivity contribution in [2.75, 3.05) is 26.2 Å². The summed E-state index contributed by atoms with van der Waals surface area (Å²) < 4.78 is 5.68. The Morgan fingerprint density at radius 2 is 2.22 bits per heavy atom. The van der Waals surface area contributed by atoms with Crippen molar-refractivity contribution in [2.24, 2.45) is 5.73 Å². The highest BCUT2D eigenvalue weighted by Crippen LogP contribution is 2.28. The summed E-state index contributed by atoms with van der Waals surface area (Å²) in [5.74, 6) is -0.329. The molecule has 0 aliphatic carbocycles. The molecule has 1 heterocycles. The van der Waals surface area contributed by atoms with Gasteiger partial charge in [0.05, 0.1) is 29.3 Å². The number of morpholine rings is 1. The number of rotatable bonds is 3. The van der Waals surface area contributed by atoms with Gasteiger partial charge in [-0.2, -0.15) is 0 Å². The quantitative estimate of drug-likeness (QED) is 0.924. The van der Waals surface area contributed by atoms with E-state index in [0.717, 1.165) is 5.56 Å². The van der Waals surface area contributed by atoms with Gasteiger partial charge in [0.15, 0.2) is 0 Å². The number of hydrogen-bond acceptors (Lipinski definition) is 3. The minimum absolute atomic E-state index is 0.104. The van der Waals surface area contributed by atoms with E-state index in [1.54, 1.807) is 12.1 Å². The van der Waals surface area contributed by atoms with Crippen LogP contribution in [0.5, 0.6) is 0 Å². The van der Waals surface area contributed by atoms with Crippen LogP contribution in [0.3, 0.4) is 0 Å². The monoisotopic (exact) mass is 288 g/mol. The van der Waals surface area contributed by atoms with Crippen molar-refractivity contribution in [1.82, 2.24) is 4.90 Å². The largest absolute Gasteiger partial charge is 0.371 e. The van der Waals surface area contributed by atoms with Crippen LogP contribution in [0.2, 0.25) is 10.0 Å². The van der Waals surface area contributed by atoms with Crippen LogP contribution in [-0.2, 0) is 9.53 Å². The Kier molecular flexibility index (Phi) is 4.45. The third-order valence-electron chi connectivity index (χ3n) is 2.85. The predicted molar refractivity (Wildman–Crippen MR) is 70.8 cm³/mol. The molecule has 4 nitrogen and oxygen atoms in total. The molecule has 6 heteroatoms. The van der Waals surface area contributed by atoms with Crippen LogP contribution in [0.1, 0.15) is 11.7 Å². The van der Waals surface area contributed by atoms with Gasteiger partial charge < -0.3 is 10.5 Å². The molecule has 0 saturated carbocycles. The lowest BCUT2D eigenvalue weighted by Gasteiger charge is -2.32. The van der Waals surface area contributed by atoms with Crippen molar-refractivity contribution in [2.45, 2.75) is 6.10 Å². The van der Waals surface area contributed by atoms with Gasteiger partial charge in [-0.25, -0.2) is 0 Å². The number of halogens is 2. The fourth-order valence-electron chi connectivity index (χ4n) is 1.98. The maximum absolute atomic E-state index is 10.9. The maximum Gasteiger partial charge on any atom is 0.231 e. The molecule has 1 aromatic carbocycles. The van der Waals surface area contributed by atoms with E-state index in [0.29, 0.717) is 29.7 Å². The molecule has 0 aromatic heterocycles. The van der Waals surface area contributed by atoms with Crippen LogP contribution in [0, 0.1) is 0 Å². The van der Waals surface area contributed by atoms with Gasteiger partial charge in [-0.05, 0) is 17.7 Å². The van der Waals surface area contributed by atoms with Gasteiger partial charge in [-0.1, -0.05) is 29.3 Å². The molecule has 1 atom stereocenters. The molecule has 98 valence electrons. The van der Waals surface area contributed by atoms with Crippen molar-refractivity contribution in [3.05, 3.63) is 33.8 Å². The average molecular weight is 289 g/mol. The minimum atomic E-state index is -0.329. The first-order valence-corrected chi connectivity index (χ1v) is 6.39. The lowest BCUT2D eigenvalue weighted by atomic mass is 10.1. The molecule has 18 heavy (non-hydrogen) atoms. The summed E-state index contributed by atoms with van der Waals surface area (Å²) >= 11 is 11.9. The summed E-state index contributed by atoms with van der Waals surface area (Å²) in [6.07, 6.45) is -0.104. The van der Waals surface area contributed by atoms with Gasteiger partial charge in [0.2, 0.25) is 5.91 Å². The van der Waals surface area contributed by atoms with Crippen molar-refractivity contribution < 1.29 is 9.53 Å². The minimum Gasteiger partial charge on any atom is -0.371 e. The molecule has 2 rings (SSSR count). The van der Waals surface area contributed by atoms with Crippen molar-refractivity contribution >= 4 is 29.1 Å². The van der Waals surface area contributed by atoms with E-state index in [1.807, 2.05) is 11.0 Å². The lowest BCUT2D eigenvalue weighted by molar-refractivity contribution is -0.121. The van der Waals surface area contributed by atoms with E-state index in [1.165, 1.54) is 0 Å². The van der Waals surface area contributed by atoms with Crippen molar-refractivity contribution in [3.8, 4) is 0 Å². The molecule has 1 aliphatic heterocycles. The van der Waals surface area contributed by atoms with Gasteiger partial charge in [0, 0.05) is 13.1 Å². The van der Waals surface area contributed by atoms with E-state index in [2.05, 4.69) is 0 Å². The number of carbonyl (C=O) groups is 1. The summed E-state index contributed by atoms with van der Waals surface area (Å²) in [5, 5.41) is 1.02. The molecule has 1 saturated heterocycles. The third-order valence-corrected chi connectivity index (χ3v) is 3.58. The van der Waals surface area contributed by atoms with E-state index in [9.17, 15) is 4.79 Å².